The first-order valence-electron chi connectivity index (χ1n) is 5.48. The van der Waals surface area contributed by atoms with E-state index in [1.54, 1.807) is 0 Å². The van der Waals surface area contributed by atoms with Gasteiger partial charge in [0.1, 0.15) is 5.69 Å². The molecule has 1 rings (SSSR count). The molecule has 9 heteroatoms. The Kier molecular flexibility index (Phi) is 4.98. The summed E-state index contributed by atoms with van der Waals surface area (Å²) in [5.74, 6) is -1.09. The van der Waals surface area contributed by atoms with E-state index in [9.17, 15) is 26.7 Å². The Morgan fingerprint density at radius 3 is 2.45 bits per heavy atom. The lowest BCUT2D eigenvalue weighted by Gasteiger charge is -2.16. The fraction of sp³-hybridized carbons (Fsp3) is 0.455. The number of aromatic nitrogens is 1. The highest BCUT2D eigenvalue weighted by Crippen LogP contribution is 2.38. The molecule has 0 saturated carbocycles. The average molecular weight is 298 g/mol. The standard InChI is InChI=1S/C11H11F5N2O2/c1-2-20-10(19)6-3-5(9(12)13)8(11(14,15)16)7(4-17)18-6/h3,9H,2,4,17H2,1H3. The summed E-state index contributed by atoms with van der Waals surface area (Å²) in [6.45, 7) is 0.658. The quantitative estimate of drug-likeness (QED) is 0.685. The highest BCUT2D eigenvalue weighted by Gasteiger charge is 2.39. The third-order valence-corrected chi connectivity index (χ3v) is 2.32. The molecule has 0 spiro atoms. The highest BCUT2D eigenvalue weighted by atomic mass is 19.4. The summed E-state index contributed by atoms with van der Waals surface area (Å²) in [5.41, 5.74) is 0.704. The minimum absolute atomic E-state index is 0.0660. The largest absolute Gasteiger partial charge is 0.461 e. The van der Waals surface area contributed by atoms with Crippen LogP contribution in [0.25, 0.3) is 0 Å². The summed E-state index contributed by atoms with van der Waals surface area (Å²) in [5, 5.41) is 0. The van der Waals surface area contributed by atoms with Crippen molar-refractivity contribution in [2.45, 2.75) is 26.1 Å². The molecule has 0 aliphatic heterocycles. The number of carbonyl (C=O) groups excluding carboxylic acids is 1. The SMILES string of the molecule is CCOC(=O)c1cc(C(F)F)c(C(F)(F)F)c(CN)n1. The molecule has 0 aliphatic rings. The van der Waals surface area contributed by atoms with E-state index in [1.807, 2.05) is 0 Å². The van der Waals surface area contributed by atoms with Crippen LogP contribution >= 0.6 is 0 Å². The molecule has 0 radical (unpaired) electrons. The molecule has 0 saturated heterocycles. The van der Waals surface area contributed by atoms with Crippen molar-refractivity contribution < 1.29 is 31.5 Å². The lowest BCUT2D eigenvalue weighted by Crippen LogP contribution is -2.20. The van der Waals surface area contributed by atoms with Gasteiger partial charge in [0.25, 0.3) is 6.43 Å². The van der Waals surface area contributed by atoms with E-state index >= 15 is 0 Å². The summed E-state index contributed by atoms with van der Waals surface area (Å²) in [6, 6.07) is 0.380. The molecule has 1 aromatic heterocycles. The normalized spacial score (nSPS) is 11.8. The van der Waals surface area contributed by atoms with Gasteiger partial charge in [-0.15, -0.1) is 0 Å². The lowest BCUT2D eigenvalue weighted by atomic mass is 10.0. The number of rotatable bonds is 4. The van der Waals surface area contributed by atoms with Gasteiger partial charge in [-0.2, -0.15) is 13.2 Å². The predicted octanol–water partition coefficient (Wildman–Crippen LogP) is 2.67. The second-order valence-electron chi connectivity index (χ2n) is 3.64. The van der Waals surface area contributed by atoms with Crippen LogP contribution in [0.4, 0.5) is 22.0 Å². The topological polar surface area (TPSA) is 65.2 Å². The number of hydrogen-bond acceptors (Lipinski definition) is 4. The number of esters is 1. The Morgan fingerprint density at radius 2 is 2.05 bits per heavy atom. The second kappa shape index (κ2) is 6.12. The van der Waals surface area contributed by atoms with Gasteiger partial charge < -0.3 is 10.5 Å². The average Bonchev–Trinajstić information content (AvgIpc) is 2.36. The molecule has 20 heavy (non-hydrogen) atoms. The fourth-order valence-electron chi connectivity index (χ4n) is 1.58. The Labute approximate surface area is 110 Å². The van der Waals surface area contributed by atoms with E-state index in [4.69, 9.17) is 5.73 Å². The first-order valence-corrected chi connectivity index (χ1v) is 5.48. The van der Waals surface area contributed by atoms with Gasteiger partial charge in [0.2, 0.25) is 0 Å². The highest BCUT2D eigenvalue weighted by molar-refractivity contribution is 5.87. The molecule has 1 aromatic rings. The molecule has 2 N–H and O–H groups in total. The molecule has 1 heterocycles. The second-order valence-corrected chi connectivity index (χ2v) is 3.64. The van der Waals surface area contributed by atoms with Crippen molar-refractivity contribution in [3.05, 3.63) is 28.6 Å². The molecule has 0 bridgehead atoms. The fourth-order valence-corrected chi connectivity index (χ4v) is 1.58. The van der Waals surface area contributed by atoms with E-state index < -0.39 is 47.6 Å². The van der Waals surface area contributed by atoms with Crippen LogP contribution in [-0.2, 0) is 17.5 Å². The van der Waals surface area contributed by atoms with Crippen molar-refractivity contribution in [2.75, 3.05) is 6.61 Å². The summed E-state index contributed by atoms with van der Waals surface area (Å²) in [6.07, 6.45) is -8.46. The molecule has 0 aliphatic carbocycles. The summed E-state index contributed by atoms with van der Waals surface area (Å²) < 4.78 is 68.5. The van der Waals surface area contributed by atoms with Gasteiger partial charge in [-0.1, -0.05) is 0 Å². The summed E-state index contributed by atoms with van der Waals surface area (Å²) in [4.78, 5) is 14.8. The third kappa shape index (κ3) is 3.41. The van der Waals surface area contributed by atoms with Gasteiger partial charge in [-0.05, 0) is 13.0 Å². The third-order valence-electron chi connectivity index (χ3n) is 2.32. The van der Waals surface area contributed by atoms with Crippen molar-refractivity contribution in [2.24, 2.45) is 5.73 Å². The maximum Gasteiger partial charge on any atom is 0.418 e. The van der Waals surface area contributed by atoms with Crippen molar-refractivity contribution in [1.29, 1.82) is 0 Å². The smallest absolute Gasteiger partial charge is 0.418 e. The van der Waals surface area contributed by atoms with E-state index in [0.717, 1.165) is 0 Å². The monoisotopic (exact) mass is 298 g/mol. The maximum absolute atomic E-state index is 12.8. The molecule has 0 unspecified atom stereocenters. The minimum atomic E-state index is -5.04. The maximum atomic E-state index is 12.8. The minimum Gasteiger partial charge on any atom is -0.461 e. The van der Waals surface area contributed by atoms with Crippen LogP contribution in [0, 0.1) is 0 Å². The van der Waals surface area contributed by atoms with Gasteiger partial charge in [0.05, 0.1) is 17.9 Å². The van der Waals surface area contributed by atoms with Gasteiger partial charge in [0, 0.05) is 12.1 Å². The van der Waals surface area contributed by atoms with Crippen LogP contribution in [0.1, 0.15) is 40.7 Å². The number of ether oxygens (including phenoxy) is 1. The first-order chi connectivity index (χ1) is 9.22. The number of nitrogens with two attached hydrogens (primary N) is 1. The van der Waals surface area contributed by atoms with Crippen molar-refractivity contribution in [1.82, 2.24) is 4.98 Å². The van der Waals surface area contributed by atoms with Crippen LogP contribution in [0.15, 0.2) is 6.07 Å². The lowest BCUT2D eigenvalue weighted by molar-refractivity contribution is -0.140. The van der Waals surface area contributed by atoms with Crippen LogP contribution in [0.5, 0.6) is 0 Å². The molecular formula is C11H11F5N2O2. The Morgan fingerprint density at radius 1 is 1.45 bits per heavy atom. The van der Waals surface area contributed by atoms with Crippen molar-refractivity contribution in [3.63, 3.8) is 0 Å². The van der Waals surface area contributed by atoms with E-state index in [1.165, 1.54) is 6.92 Å². The summed E-state index contributed by atoms with van der Waals surface area (Å²) in [7, 11) is 0. The van der Waals surface area contributed by atoms with Gasteiger partial charge in [-0.3, -0.25) is 0 Å². The number of pyridine rings is 1. The molecule has 0 aromatic carbocycles. The first kappa shape index (κ1) is 16.3. The molecular weight excluding hydrogens is 287 g/mol. The van der Waals surface area contributed by atoms with Crippen LogP contribution < -0.4 is 5.73 Å². The molecule has 0 atom stereocenters. The predicted molar refractivity (Wildman–Crippen MR) is 58.0 cm³/mol. The zero-order valence-corrected chi connectivity index (χ0v) is 10.3. The molecule has 112 valence electrons. The molecule has 0 amide bonds. The zero-order chi connectivity index (χ0) is 15.5. The number of carbonyl (C=O) groups is 1. The number of alkyl halides is 5. The Bertz CT molecular complexity index is 502. The Hall–Kier alpha value is -1.77. The van der Waals surface area contributed by atoms with Crippen molar-refractivity contribution in [3.8, 4) is 0 Å². The van der Waals surface area contributed by atoms with E-state index in [0.29, 0.717) is 6.07 Å². The van der Waals surface area contributed by atoms with Gasteiger partial charge in [-0.25, -0.2) is 18.6 Å². The van der Waals surface area contributed by atoms with Crippen LogP contribution in [0.2, 0.25) is 0 Å². The van der Waals surface area contributed by atoms with Crippen molar-refractivity contribution >= 4 is 5.97 Å². The molecule has 4 nitrogen and oxygen atoms in total. The van der Waals surface area contributed by atoms with Crippen LogP contribution in [-0.4, -0.2) is 17.6 Å². The van der Waals surface area contributed by atoms with E-state index in [-0.39, 0.29) is 6.61 Å². The van der Waals surface area contributed by atoms with Gasteiger partial charge in [0.15, 0.2) is 0 Å². The Balaban J connectivity index is 3.51. The number of nitrogens with zero attached hydrogens (tertiary/aromatic N) is 1. The van der Waals surface area contributed by atoms with E-state index in [2.05, 4.69) is 9.72 Å². The number of halogens is 5. The molecule has 0 fully saturated rings. The summed E-state index contributed by atoms with van der Waals surface area (Å²) >= 11 is 0. The van der Waals surface area contributed by atoms with Crippen LogP contribution in [0.3, 0.4) is 0 Å². The number of hydrogen-bond donors (Lipinski definition) is 1. The zero-order valence-electron chi connectivity index (χ0n) is 10.3. The van der Waals surface area contributed by atoms with Gasteiger partial charge >= 0.3 is 12.1 Å².